The summed E-state index contributed by atoms with van der Waals surface area (Å²) in [4.78, 5) is 13.9. The van der Waals surface area contributed by atoms with Crippen LogP contribution >= 0.6 is 0 Å². The highest BCUT2D eigenvalue weighted by Gasteiger charge is 2.20. The number of rotatable bonds is 5. The molecule has 5 rings (SSSR count). The minimum atomic E-state index is 0.638. The number of hydrogen-bond acceptors (Lipinski definition) is 5. The zero-order valence-corrected chi connectivity index (χ0v) is 16.8. The molecule has 30 heavy (non-hydrogen) atoms. The van der Waals surface area contributed by atoms with E-state index in [0.29, 0.717) is 5.78 Å². The first-order chi connectivity index (χ1) is 14.9. The van der Waals surface area contributed by atoms with E-state index in [9.17, 15) is 0 Å². The third kappa shape index (κ3) is 3.95. The van der Waals surface area contributed by atoms with Crippen molar-refractivity contribution in [2.75, 3.05) is 37.6 Å². The van der Waals surface area contributed by atoms with Crippen molar-refractivity contribution in [2.24, 2.45) is 0 Å². The maximum absolute atomic E-state index is 4.69. The van der Waals surface area contributed by atoms with Crippen molar-refractivity contribution in [3.05, 3.63) is 84.7 Å². The third-order valence-corrected chi connectivity index (χ3v) is 5.47. The van der Waals surface area contributed by atoms with Crippen LogP contribution < -0.4 is 4.90 Å². The molecule has 0 N–H and O–H groups in total. The fourth-order valence-electron chi connectivity index (χ4n) is 3.84. The first-order valence-corrected chi connectivity index (χ1v) is 10.3. The number of benzene rings is 2. The second-order valence-electron chi connectivity index (χ2n) is 7.44. The molecule has 0 saturated carbocycles. The van der Waals surface area contributed by atoms with Gasteiger partial charge in [-0.05, 0) is 5.56 Å². The molecule has 0 bridgehead atoms. The molecule has 2 aromatic carbocycles. The first kappa shape index (κ1) is 18.5. The lowest BCUT2D eigenvalue weighted by Gasteiger charge is -2.35. The molecule has 2 aromatic heterocycles. The average Bonchev–Trinajstić information content (AvgIpc) is 3.29. The van der Waals surface area contributed by atoms with E-state index < -0.39 is 0 Å². The Hall–Kier alpha value is -3.51. The predicted octanol–water partition coefficient (Wildman–Crippen LogP) is 3.63. The quantitative estimate of drug-likeness (QED) is 0.516. The maximum Gasteiger partial charge on any atom is 0.254 e. The summed E-state index contributed by atoms with van der Waals surface area (Å²) in [5.74, 6) is 1.69. The molecule has 4 aromatic rings. The van der Waals surface area contributed by atoms with Gasteiger partial charge in [0.25, 0.3) is 5.78 Å². The Kier molecular flexibility index (Phi) is 5.23. The Morgan fingerprint density at radius 1 is 0.867 bits per heavy atom. The molecule has 0 unspecified atom stereocenters. The molecule has 3 heterocycles. The number of nitrogens with zero attached hydrogens (tertiary/aromatic N) is 6. The minimum absolute atomic E-state index is 0.638. The van der Waals surface area contributed by atoms with Crippen LogP contribution in [0.3, 0.4) is 0 Å². The zero-order chi connectivity index (χ0) is 20.2. The van der Waals surface area contributed by atoms with E-state index >= 15 is 0 Å². The average molecular weight is 396 g/mol. The molecule has 1 fully saturated rings. The Morgan fingerprint density at radius 3 is 2.37 bits per heavy atom. The van der Waals surface area contributed by atoms with Gasteiger partial charge in [-0.3, -0.25) is 4.90 Å². The van der Waals surface area contributed by atoms with Crippen LogP contribution in [0.5, 0.6) is 0 Å². The number of hydrogen-bond donors (Lipinski definition) is 0. The van der Waals surface area contributed by atoms with E-state index in [1.165, 1.54) is 5.56 Å². The Balaban J connectivity index is 1.30. The van der Waals surface area contributed by atoms with Gasteiger partial charge in [-0.15, -0.1) is 0 Å². The summed E-state index contributed by atoms with van der Waals surface area (Å²) in [6.07, 6.45) is 6.02. The third-order valence-electron chi connectivity index (χ3n) is 5.47. The smallest absolute Gasteiger partial charge is 0.254 e. The van der Waals surface area contributed by atoms with E-state index in [4.69, 9.17) is 0 Å². The Bertz CT molecular complexity index is 1130. The van der Waals surface area contributed by atoms with Gasteiger partial charge < -0.3 is 4.90 Å². The highest BCUT2D eigenvalue weighted by atomic mass is 15.4. The summed E-state index contributed by atoms with van der Waals surface area (Å²) in [5.41, 5.74) is 3.27. The standard InChI is InChI=1S/C24H24N6/c1-3-8-20(9-4-1)10-7-13-28-14-16-29(17-15-28)23-18-22(21-11-5-2-6-12-21)27-24-25-19-26-30(23)24/h1-12,18-19H,13-17H2/b10-7+. The van der Waals surface area contributed by atoms with E-state index in [0.717, 1.165) is 49.8 Å². The predicted molar refractivity (Wildman–Crippen MR) is 120 cm³/mol. The van der Waals surface area contributed by atoms with E-state index in [1.54, 1.807) is 6.33 Å². The Labute approximate surface area is 176 Å². The highest BCUT2D eigenvalue weighted by molar-refractivity contribution is 5.65. The largest absolute Gasteiger partial charge is 0.354 e. The molecule has 0 atom stereocenters. The van der Waals surface area contributed by atoms with Crippen LogP contribution in [-0.2, 0) is 0 Å². The lowest BCUT2D eigenvalue weighted by Crippen LogP contribution is -2.47. The molecule has 6 nitrogen and oxygen atoms in total. The van der Waals surface area contributed by atoms with E-state index in [1.807, 2.05) is 28.8 Å². The van der Waals surface area contributed by atoms with Gasteiger partial charge in [0.05, 0.1) is 5.69 Å². The summed E-state index contributed by atoms with van der Waals surface area (Å²) < 4.78 is 1.84. The summed E-state index contributed by atoms with van der Waals surface area (Å²) in [6, 6.07) is 22.8. The van der Waals surface area contributed by atoms with Crippen LogP contribution in [0.1, 0.15) is 5.56 Å². The molecule has 6 heteroatoms. The molecular formula is C24H24N6. The molecule has 0 spiro atoms. The van der Waals surface area contributed by atoms with Gasteiger partial charge in [0, 0.05) is 44.4 Å². The van der Waals surface area contributed by atoms with E-state index in [-0.39, 0.29) is 0 Å². The summed E-state index contributed by atoms with van der Waals surface area (Å²) in [5, 5.41) is 4.41. The van der Waals surface area contributed by atoms with Crippen molar-refractivity contribution >= 4 is 17.7 Å². The first-order valence-electron chi connectivity index (χ1n) is 10.3. The van der Waals surface area contributed by atoms with Gasteiger partial charge >= 0.3 is 0 Å². The summed E-state index contributed by atoms with van der Waals surface area (Å²) >= 11 is 0. The van der Waals surface area contributed by atoms with Crippen LogP contribution in [0, 0.1) is 0 Å². The molecule has 0 aliphatic carbocycles. The fraction of sp³-hybridized carbons (Fsp3) is 0.208. The lowest BCUT2D eigenvalue weighted by molar-refractivity contribution is 0.283. The normalized spacial score (nSPS) is 15.3. The molecule has 0 radical (unpaired) electrons. The van der Waals surface area contributed by atoms with Gasteiger partial charge in [-0.2, -0.15) is 14.6 Å². The lowest BCUT2D eigenvalue weighted by atomic mass is 10.1. The zero-order valence-electron chi connectivity index (χ0n) is 16.8. The topological polar surface area (TPSA) is 49.6 Å². The van der Waals surface area contributed by atoms with Gasteiger partial charge in [-0.25, -0.2) is 4.98 Å². The SMILES string of the molecule is C(=C\c1ccccc1)/CN1CCN(c2cc(-c3ccccc3)nc3ncnn23)CC1. The van der Waals surface area contributed by atoms with Crippen molar-refractivity contribution < 1.29 is 0 Å². The van der Waals surface area contributed by atoms with Crippen LogP contribution in [0.2, 0.25) is 0 Å². The van der Waals surface area contributed by atoms with Crippen LogP contribution in [-0.4, -0.2) is 57.2 Å². The van der Waals surface area contributed by atoms with E-state index in [2.05, 4.69) is 79.5 Å². The molecule has 150 valence electrons. The van der Waals surface area contributed by atoms with Crippen LogP contribution in [0.4, 0.5) is 5.82 Å². The van der Waals surface area contributed by atoms with Crippen molar-refractivity contribution in [2.45, 2.75) is 0 Å². The summed E-state index contributed by atoms with van der Waals surface area (Å²) in [7, 11) is 0. The van der Waals surface area contributed by atoms with Crippen molar-refractivity contribution in [1.82, 2.24) is 24.5 Å². The number of piperazine rings is 1. The van der Waals surface area contributed by atoms with Gasteiger partial charge in [-0.1, -0.05) is 72.8 Å². The summed E-state index contributed by atoms with van der Waals surface area (Å²) in [6.45, 7) is 4.89. The molecule has 1 aliphatic rings. The second-order valence-corrected chi connectivity index (χ2v) is 7.44. The van der Waals surface area contributed by atoms with Gasteiger partial charge in [0.15, 0.2) is 0 Å². The molecule has 1 saturated heterocycles. The van der Waals surface area contributed by atoms with Gasteiger partial charge in [0.1, 0.15) is 12.1 Å². The fourth-order valence-corrected chi connectivity index (χ4v) is 3.84. The minimum Gasteiger partial charge on any atom is -0.354 e. The van der Waals surface area contributed by atoms with Crippen molar-refractivity contribution in [3.63, 3.8) is 0 Å². The number of fused-ring (bicyclic) bond motifs is 1. The number of aromatic nitrogens is 4. The molecule has 0 amide bonds. The molecule has 1 aliphatic heterocycles. The van der Waals surface area contributed by atoms with Crippen molar-refractivity contribution in [1.29, 1.82) is 0 Å². The second kappa shape index (κ2) is 8.47. The van der Waals surface area contributed by atoms with Crippen LogP contribution in [0.15, 0.2) is 79.1 Å². The number of anilines is 1. The monoisotopic (exact) mass is 396 g/mol. The maximum atomic E-state index is 4.69. The van der Waals surface area contributed by atoms with Crippen LogP contribution in [0.25, 0.3) is 23.1 Å². The Morgan fingerprint density at radius 2 is 1.60 bits per heavy atom. The molecular weight excluding hydrogens is 372 g/mol. The van der Waals surface area contributed by atoms with Crippen molar-refractivity contribution in [3.8, 4) is 11.3 Å². The van der Waals surface area contributed by atoms with Gasteiger partial charge in [0.2, 0.25) is 0 Å². The highest BCUT2D eigenvalue weighted by Crippen LogP contribution is 2.24.